The molecule has 0 saturated carbocycles. The lowest BCUT2D eigenvalue weighted by molar-refractivity contribution is 0.249. The van der Waals surface area contributed by atoms with Gasteiger partial charge in [0.2, 0.25) is 0 Å². The van der Waals surface area contributed by atoms with Crippen molar-refractivity contribution in [3.8, 4) is 0 Å². The number of nitrogens with zero attached hydrogens (tertiary/aromatic N) is 3. The van der Waals surface area contributed by atoms with Gasteiger partial charge in [-0.15, -0.1) is 0 Å². The Balaban J connectivity index is 1.84. The second-order valence-electron chi connectivity index (χ2n) is 6.02. The summed E-state index contributed by atoms with van der Waals surface area (Å²) in [7, 11) is 1.46. The van der Waals surface area contributed by atoms with Crippen molar-refractivity contribution in [1.82, 2.24) is 31.3 Å². The summed E-state index contributed by atoms with van der Waals surface area (Å²) in [5.74, 6) is -1.82. The number of rotatable bonds is 8. The van der Waals surface area contributed by atoms with Gasteiger partial charge in [-0.05, 0) is 12.1 Å². The monoisotopic (exact) mass is 428 g/mol. The Morgan fingerprint density at radius 1 is 1.23 bits per heavy atom. The predicted molar refractivity (Wildman–Crippen MR) is 108 cm³/mol. The molecule has 12 heteroatoms. The lowest BCUT2D eigenvalue weighted by Gasteiger charge is -2.10. The molecular weight excluding hydrogens is 410 g/mol. The third kappa shape index (κ3) is 5.67. The highest BCUT2D eigenvalue weighted by Crippen LogP contribution is 2.15. The summed E-state index contributed by atoms with van der Waals surface area (Å²) >= 11 is 0. The molecule has 3 aromatic rings. The van der Waals surface area contributed by atoms with Crippen molar-refractivity contribution >= 4 is 23.3 Å². The van der Waals surface area contributed by atoms with Gasteiger partial charge in [0, 0.05) is 25.2 Å². The van der Waals surface area contributed by atoms with Gasteiger partial charge in [-0.3, -0.25) is 16.2 Å². The fourth-order valence-corrected chi connectivity index (χ4v) is 2.44. The number of allylic oxidation sites excluding steroid dienone is 1. The SMILES string of the molecule is CNNC(=O)Nc1nc(C(=N)/C=C(\NCc2ccccc2F)c2ccon2)ncc1F. The van der Waals surface area contributed by atoms with Crippen LogP contribution in [0.5, 0.6) is 0 Å². The lowest BCUT2D eigenvalue weighted by Crippen LogP contribution is -2.38. The number of carbonyl (C=O) groups is 1. The number of halogens is 2. The first-order valence-corrected chi connectivity index (χ1v) is 8.93. The van der Waals surface area contributed by atoms with Crippen molar-refractivity contribution < 1.29 is 18.1 Å². The number of hydrogen-bond acceptors (Lipinski definition) is 8. The Labute approximate surface area is 175 Å². The van der Waals surface area contributed by atoms with Crippen molar-refractivity contribution in [3.63, 3.8) is 0 Å². The molecule has 0 aliphatic carbocycles. The van der Waals surface area contributed by atoms with Crippen LogP contribution in [0.4, 0.5) is 19.4 Å². The molecule has 2 aromatic heterocycles. The summed E-state index contributed by atoms with van der Waals surface area (Å²) in [5, 5.41) is 17.3. The minimum atomic E-state index is -0.874. The van der Waals surface area contributed by atoms with Crippen LogP contribution in [0.25, 0.3) is 5.70 Å². The van der Waals surface area contributed by atoms with Gasteiger partial charge in [0.15, 0.2) is 17.5 Å². The molecule has 31 heavy (non-hydrogen) atoms. The van der Waals surface area contributed by atoms with Crippen molar-refractivity contribution in [1.29, 1.82) is 5.41 Å². The maximum Gasteiger partial charge on any atom is 0.334 e. The summed E-state index contributed by atoms with van der Waals surface area (Å²) in [4.78, 5) is 19.2. The first kappa shape index (κ1) is 21.5. The summed E-state index contributed by atoms with van der Waals surface area (Å²) in [6, 6.07) is 7.04. The molecule has 0 aliphatic heterocycles. The standard InChI is InChI=1S/C19H18F2N8O2/c1-23-28-19(30)27-17-13(21)10-25-18(26-17)14(22)8-16(15-6-7-31-29-15)24-9-11-4-2-3-5-12(11)20/h2-8,10,22-24H,9H2,1H3,(H2,25,26,27,28,30)/b16-8-,22-14?. The molecule has 0 atom stereocenters. The second kappa shape index (κ2) is 10.0. The van der Waals surface area contributed by atoms with Crippen molar-refractivity contribution in [2.24, 2.45) is 0 Å². The number of amides is 2. The zero-order chi connectivity index (χ0) is 22.2. The number of urea groups is 1. The van der Waals surface area contributed by atoms with E-state index in [0.29, 0.717) is 17.0 Å². The minimum absolute atomic E-state index is 0.111. The number of anilines is 1. The van der Waals surface area contributed by atoms with Crippen LogP contribution in [-0.4, -0.2) is 33.9 Å². The third-order valence-electron chi connectivity index (χ3n) is 3.89. The second-order valence-corrected chi connectivity index (χ2v) is 6.02. The smallest absolute Gasteiger partial charge is 0.334 e. The van der Waals surface area contributed by atoms with Gasteiger partial charge in [-0.2, -0.15) is 0 Å². The maximum absolute atomic E-state index is 13.9. The van der Waals surface area contributed by atoms with Gasteiger partial charge in [0.25, 0.3) is 0 Å². The number of carbonyl (C=O) groups excluding carboxylic acids is 1. The van der Waals surface area contributed by atoms with Gasteiger partial charge >= 0.3 is 6.03 Å². The number of aromatic nitrogens is 3. The predicted octanol–water partition coefficient (Wildman–Crippen LogP) is 2.20. The van der Waals surface area contributed by atoms with E-state index in [1.807, 2.05) is 0 Å². The fraction of sp³-hybridized carbons (Fsp3) is 0.105. The maximum atomic E-state index is 13.9. The molecule has 0 radical (unpaired) electrons. The first-order valence-electron chi connectivity index (χ1n) is 8.93. The van der Waals surface area contributed by atoms with E-state index < -0.39 is 17.7 Å². The number of benzene rings is 1. The van der Waals surface area contributed by atoms with Crippen LogP contribution in [0.15, 0.2) is 53.4 Å². The molecular formula is C19H18F2N8O2. The van der Waals surface area contributed by atoms with E-state index in [2.05, 4.69) is 36.6 Å². The fourth-order valence-electron chi connectivity index (χ4n) is 2.44. The largest absolute Gasteiger partial charge is 0.379 e. The molecule has 160 valence electrons. The lowest BCUT2D eigenvalue weighted by atomic mass is 10.2. The normalized spacial score (nSPS) is 11.1. The summed E-state index contributed by atoms with van der Waals surface area (Å²) in [6.45, 7) is 0.111. The highest BCUT2D eigenvalue weighted by molar-refractivity contribution is 6.07. The van der Waals surface area contributed by atoms with Gasteiger partial charge in [0.05, 0.1) is 11.9 Å². The highest BCUT2D eigenvalue weighted by Gasteiger charge is 2.14. The first-order chi connectivity index (χ1) is 15.0. The quantitative estimate of drug-likeness (QED) is 0.274. The van der Waals surface area contributed by atoms with E-state index >= 15 is 0 Å². The zero-order valence-corrected chi connectivity index (χ0v) is 16.2. The van der Waals surface area contributed by atoms with Gasteiger partial charge in [0.1, 0.15) is 23.5 Å². The molecule has 2 amide bonds. The Morgan fingerprint density at radius 3 is 2.74 bits per heavy atom. The molecule has 0 aliphatic rings. The zero-order valence-electron chi connectivity index (χ0n) is 16.2. The van der Waals surface area contributed by atoms with Crippen LogP contribution in [0.2, 0.25) is 0 Å². The molecule has 3 rings (SSSR count). The summed E-state index contributed by atoms with van der Waals surface area (Å²) < 4.78 is 32.7. The van der Waals surface area contributed by atoms with Crippen molar-refractivity contribution in [2.75, 3.05) is 12.4 Å². The van der Waals surface area contributed by atoms with Crippen LogP contribution < -0.4 is 21.5 Å². The average Bonchev–Trinajstić information content (AvgIpc) is 3.28. The van der Waals surface area contributed by atoms with Crippen molar-refractivity contribution in [2.45, 2.75) is 6.54 Å². The summed E-state index contributed by atoms with van der Waals surface area (Å²) in [6.07, 6.45) is 3.51. The third-order valence-corrected chi connectivity index (χ3v) is 3.89. The molecule has 5 N–H and O–H groups in total. The van der Waals surface area contributed by atoms with Gasteiger partial charge < -0.3 is 9.84 Å². The van der Waals surface area contributed by atoms with Gasteiger partial charge in [-0.25, -0.2) is 29.0 Å². The van der Waals surface area contributed by atoms with E-state index in [4.69, 9.17) is 9.93 Å². The van der Waals surface area contributed by atoms with Gasteiger partial charge in [-0.1, -0.05) is 23.4 Å². The molecule has 0 unspecified atom stereocenters. The minimum Gasteiger partial charge on any atom is -0.379 e. The molecule has 2 heterocycles. The van der Waals surface area contributed by atoms with Crippen LogP contribution in [0.1, 0.15) is 17.1 Å². The Kier molecular flexibility index (Phi) is 6.96. The topological polar surface area (TPSA) is 141 Å². The van der Waals surface area contributed by atoms with Crippen LogP contribution in [0.3, 0.4) is 0 Å². The Hall–Kier alpha value is -4.19. The molecule has 0 spiro atoms. The van der Waals surface area contributed by atoms with E-state index in [1.54, 1.807) is 24.3 Å². The molecule has 0 saturated heterocycles. The van der Waals surface area contributed by atoms with E-state index in [1.165, 1.54) is 25.5 Å². The van der Waals surface area contributed by atoms with Crippen LogP contribution in [-0.2, 0) is 6.54 Å². The molecule has 10 nitrogen and oxygen atoms in total. The number of hydrogen-bond donors (Lipinski definition) is 5. The van der Waals surface area contributed by atoms with Crippen LogP contribution in [0, 0.1) is 17.0 Å². The summed E-state index contributed by atoms with van der Waals surface area (Å²) in [5.41, 5.74) is 5.47. The van der Waals surface area contributed by atoms with Crippen molar-refractivity contribution in [3.05, 3.63) is 77.6 Å². The average molecular weight is 428 g/mol. The van der Waals surface area contributed by atoms with E-state index in [-0.39, 0.29) is 23.9 Å². The number of nitrogens with one attached hydrogen (secondary N) is 5. The number of hydrazine groups is 1. The van der Waals surface area contributed by atoms with E-state index in [9.17, 15) is 13.6 Å². The molecule has 1 aromatic carbocycles. The van der Waals surface area contributed by atoms with E-state index in [0.717, 1.165) is 6.20 Å². The molecule has 0 fully saturated rings. The molecule has 0 bridgehead atoms. The Bertz CT molecular complexity index is 1100. The Morgan fingerprint density at radius 2 is 2.03 bits per heavy atom. The highest BCUT2D eigenvalue weighted by atomic mass is 19.1. The van der Waals surface area contributed by atoms with Crippen LogP contribution >= 0.6 is 0 Å².